The normalized spacial score (nSPS) is 15.8. The Morgan fingerprint density at radius 3 is 2.55 bits per heavy atom. The lowest BCUT2D eigenvalue weighted by molar-refractivity contribution is -0.131. The van der Waals surface area contributed by atoms with Crippen LogP contribution in [0.15, 0.2) is 24.3 Å². The van der Waals surface area contributed by atoms with E-state index in [-0.39, 0.29) is 0 Å². The van der Waals surface area contributed by atoms with Crippen molar-refractivity contribution in [3.05, 3.63) is 24.3 Å². The highest BCUT2D eigenvalue weighted by molar-refractivity contribution is 5.76. The fourth-order valence-electron chi connectivity index (χ4n) is 2.51. The predicted molar refractivity (Wildman–Crippen MR) is 83.7 cm³/mol. The standard InChI is InChI=1S/C16H25N3O/c1-13(2)6-7-16(20)19-10-8-18(9-11-19)15-5-3-4-14(17)12-15/h3-5,12-13H,6-11,17H2,1-2H3. The molecule has 0 aliphatic carbocycles. The van der Waals surface area contributed by atoms with Crippen molar-refractivity contribution in [2.45, 2.75) is 26.7 Å². The lowest BCUT2D eigenvalue weighted by atomic mass is 10.1. The van der Waals surface area contributed by atoms with Crippen LogP contribution in [0.3, 0.4) is 0 Å². The number of amides is 1. The lowest BCUT2D eigenvalue weighted by Gasteiger charge is -2.36. The molecule has 0 atom stereocenters. The molecular formula is C16H25N3O. The number of hydrogen-bond acceptors (Lipinski definition) is 3. The fourth-order valence-corrected chi connectivity index (χ4v) is 2.51. The number of nitrogens with zero attached hydrogens (tertiary/aromatic N) is 2. The summed E-state index contributed by atoms with van der Waals surface area (Å²) in [5.41, 5.74) is 7.76. The number of piperazine rings is 1. The van der Waals surface area contributed by atoms with Crippen molar-refractivity contribution in [2.24, 2.45) is 5.92 Å². The Morgan fingerprint density at radius 2 is 1.95 bits per heavy atom. The number of nitrogen functional groups attached to an aromatic ring is 1. The van der Waals surface area contributed by atoms with Gasteiger partial charge in [0.1, 0.15) is 0 Å². The molecule has 1 amide bonds. The van der Waals surface area contributed by atoms with Crippen molar-refractivity contribution in [1.82, 2.24) is 4.90 Å². The van der Waals surface area contributed by atoms with E-state index in [9.17, 15) is 4.79 Å². The Balaban J connectivity index is 1.84. The SMILES string of the molecule is CC(C)CCC(=O)N1CCN(c2cccc(N)c2)CC1. The number of nitrogens with two attached hydrogens (primary N) is 1. The summed E-state index contributed by atoms with van der Waals surface area (Å²) < 4.78 is 0. The van der Waals surface area contributed by atoms with Crippen molar-refractivity contribution in [1.29, 1.82) is 0 Å². The molecule has 1 aliphatic rings. The number of anilines is 2. The molecule has 2 rings (SSSR count). The summed E-state index contributed by atoms with van der Waals surface area (Å²) in [5.74, 6) is 0.887. The van der Waals surface area contributed by atoms with Crippen LogP contribution in [0.4, 0.5) is 11.4 Å². The molecule has 1 aromatic carbocycles. The molecule has 0 unspecified atom stereocenters. The summed E-state index contributed by atoms with van der Waals surface area (Å²) in [5, 5.41) is 0. The highest BCUT2D eigenvalue weighted by Crippen LogP contribution is 2.19. The van der Waals surface area contributed by atoms with Gasteiger partial charge in [-0.15, -0.1) is 0 Å². The zero-order valence-electron chi connectivity index (χ0n) is 12.5. The van der Waals surface area contributed by atoms with Gasteiger partial charge in [-0.1, -0.05) is 19.9 Å². The molecule has 0 bridgehead atoms. The van der Waals surface area contributed by atoms with Gasteiger partial charge in [0.05, 0.1) is 0 Å². The van der Waals surface area contributed by atoms with Crippen LogP contribution >= 0.6 is 0 Å². The van der Waals surface area contributed by atoms with E-state index < -0.39 is 0 Å². The van der Waals surface area contributed by atoms with Gasteiger partial charge in [0, 0.05) is 44.0 Å². The number of benzene rings is 1. The van der Waals surface area contributed by atoms with Gasteiger partial charge >= 0.3 is 0 Å². The van der Waals surface area contributed by atoms with Crippen molar-refractivity contribution in [2.75, 3.05) is 36.8 Å². The summed E-state index contributed by atoms with van der Waals surface area (Å²) in [7, 11) is 0. The number of carbonyl (C=O) groups is 1. The molecule has 4 heteroatoms. The summed E-state index contributed by atoms with van der Waals surface area (Å²) in [6.45, 7) is 7.71. The second kappa shape index (κ2) is 6.64. The Hall–Kier alpha value is -1.71. The average molecular weight is 275 g/mol. The summed E-state index contributed by atoms with van der Waals surface area (Å²) >= 11 is 0. The molecule has 1 fully saturated rings. The Bertz CT molecular complexity index is 451. The van der Waals surface area contributed by atoms with Gasteiger partial charge in [0.25, 0.3) is 0 Å². The molecular weight excluding hydrogens is 250 g/mol. The van der Waals surface area contributed by atoms with Crippen LogP contribution < -0.4 is 10.6 Å². The predicted octanol–water partition coefficient (Wildman–Crippen LogP) is 2.35. The van der Waals surface area contributed by atoms with Gasteiger partial charge in [-0.05, 0) is 30.5 Å². The summed E-state index contributed by atoms with van der Waals surface area (Å²) in [4.78, 5) is 16.4. The largest absolute Gasteiger partial charge is 0.399 e. The first-order chi connectivity index (χ1) is 9.56. The van der Waals surface area contributed by atoms with Gasteiger partial charge in [0.2, 0.25) is 5.91 Å². The van der Waals surface area contributed by atoms with E-state index in [0.29, 0.717) is 18.2 Å². The third kappa shape index (κ3) is 3.89. The Kier molecular flexibility index (Phi) is 4.88. The first-order valence-corrected chi connectivity index (χ1v) is 7.44. The fraction of sp³-hybridized carbons (Fsp3) is 0.562. The molecule has 0 saturated carbocycles. The molecule has 0 aromatic heterocycles. The molecule has 1 aromatic rings. The van der Waals surface area contributed by atoms with E-state index in [1.54, 1.807) is 0 Å². The third-order valence-electron chi connectivity index (χ3n) is 3.80. The maximum Gasteiger partial charge on any atom is 0.222 e. The number of hydrogen-bond donors (Lipinski definition) is 1. The molecule has 4 nitrogen and oxygen atoms in total. The lowest BCUT2D eigenvalue weighted by Crippen LogP contribution is -2.48. The van der Waals surface area contributed by atoms with Gasteiger partial charge in [-0.25, -0.2) is 0 Å². The van der Waals surface area contributed by atoms with Crippen LogP contribution in [-0.2, 0) is 4.79 Å². The zero-order valence-corrected chi connectivity index (χ0v) is 12.5. The molecule has 2 N–H and O–H groups in total. The summed E-state index contributed by atoms with van der Waals surface area (Å²) in [6.07, 6.45) is 1.66. The maximum absolute atomic E-state index is 12.1. The van der Waals surface area contributed by atoms with Crippen LogP contribution in [0.2, 0.25) is 0 Å². The molecule has 110 valence electrons. The molecule has 1 aliphatic heterocycles. The van der Waals surface area contributed by atoms with Gasteiger partial charge < -0.3 is 15.5 Å². The van der Waals surface area contributed by atoms with Crippen molar-refractivity contribution >= 4 is 17.3 Å². The van der Waals surface area contributed by atoms with Gasteiger partial charge in [-0.3, -0.25) is 4.79 Å². The van der Waals surface area contributed by atoms with Gasteiger partial charge in [-0.2, -0.15) is 0 Å². The molecule has 1 heterocycles. The van der Waals surface area contributed by atoms with E-state index in [1.165, 1.54) is 0 Å². The minimum absolute atomic E-state index is 0.297. The summed E-state index contributed by atoms with van der Waals surface area (Å²) in [6, 6.07) is 7.95. The average Bonchev–Trinajstić information content (AvgIpc) is 2.45. The third-order valence-corrected chi connectivity index (χ3v) is 3.80. The smallest absolute Gasteiger partial charge is 0.222 e. The van der Waals surface area contributed by atoms with Crippen molar-refractivity contribution in [3.63, 3.8) is 0 Å². The molecule has 1 saturated heterocycles. The van der Waals surface area contributed by atoms with Crippen molar-refractivity contribution in [3.8, 4) is 0 Å². The van der Waals surface area contributed by atoms with E-state index >= 15 is 0 Å². The van der Waals surface area contributed by atoms with Crippen LogP contribution in [0.25, 0.3) is 0 Å². The number of rotatable bonds is 4. The first-order valence-electron chi connectivity index (χ1n) is 7.44. The van der Waals surface area contributed by atoms with Crippen LogP contribution in [0.1, 0.15) is 26.7 Å². The maximum atomic E-state index is 12.1. The highest BCUT2D eigenvalue weighted by Gasteiger charge is 2.21. The number of carbonyl (C=O) groups excluding carboxylic acids is 1. The minimum atomic E-state index is 0.297. The van der Waals surface area contributed by atoms with E-state index in [4.69, 9.17) is 5.73 Å². The highest BCUT2D eigenvalue weighted by atomic mass is 16.2. The Labute approximate surface area is 121 Å². The zero-order chi connectivity index (χ0) is 14.5. The van der Waals surface area contributed by atoms with E-state index in [2.05, 4.69) is 24.8 Å². The van der Waals surface area contributed by atoms with Gasteiger partial charge in [0.15, 0.2) is 0 Å². The first kappa shape index (κ1) is 14.7. The van der Waals surface area contributed by atoms with Crippen LogP contribution in [0, 0.1) is 5.92 Å². The molecule has 20 heavy (non-hydrogen) atoms. The second-order valence-electron chi connectivity index (χ2n) is 5.90. The van der Waals surface area contributed by atoms with Crippen LogP contribution in [0.5, 0.6) is 0 Å². The van der Waals surface area contributed by atoms with E-state index in [1.807, 2.05) is 23.1 Å². The van der Waals surface area contributed by atoms with Crippen molar-refractivity contribution < 1.29 is 4.79 Å². The molecule has 0 spiro atoms. The second-order valence-corrected chi connectivity index (χ2v) is 5.90. The quantitative estimate of drug-likeness (QED) is 0.858. The minimum Gasteiger partial charge on any atom is -0.399 e. The van der Waals surface area contributed by atoms with Crippen LogP contribution in [-0.4, -0.2) is 37.0 Å². The van der Waals surface area contributed by atoms with E-state index in [0.717, 1.165) is 44.0 Å². The molecule has 0 radical (unpaired) electrons. The monoisotopic (exact) mass is 275 g/mol. The topological polar surface area (TPSA) is 49.6 Å². The Morgan fingerprint density at radius 1 is 1.25 bits per heavy atom.